The van der Waals surface area contributed by atoms with E-state index in [0.717, 1.165) is 42.6 Å². The number of nitrogens with two attached hydrogens (primary N) is 2. The third-order valence-corrected chi connectivity index (χ3v) is 11.0. The Hall–Kier alpha value is -3.97. The average molecular weight is 762 g/mol. The third-order valence-electron chi connectivity index (χ3n) is 11.0. The molecule has 7 N–H and O–H groups in total. The van der Waals surface area contributed by atoms with Gasteiger partial charge in [0.1, 0.15) is 17.3 Å². The molecule has 0 spiro atoms. The molecule has 1 aliphatic carbocycles. The van der Waals surface area contributed by atoms with Gasteiger partial charge in [0.25, 0.3) is 0 Å². The van der Waals surface area contributed by atoms with E-state index in [1.165, 1.54) is 6.92 Å². The summed E-state index contributed by atoms with van der Waals surface area (Å²) >= 11 is 0. The standard InChI is InChI=1S/C43H63N5O7/c1-27(2)23-43(35-26-55-37-17-16-32(21-33(35)37)25-46-18-19-49,48(29(5)50)42(54)36(44)22-31-14-10-7-11-15-31)40(52)34(20-30-12-8-6-9-13-30)39(51)38(45)41(53)47-24-28(3)4/h7,10-11,14-17,21,25,27-28,30,34-36,38-39,49,51H,6,8-9,12-13,18-20,22-24,26,44-45H2,1-5H3,(H,47,53)/t34-,35-,36-,38?,39?,43-/m0/s1. The molecule has 6 atom stereocenters. The van der Waals surface area contributed by atoms with Crippen LogP contribution < -0.4 is 21.5 Å². The first-order valence-electron chi connectivity index (χ1n) is 20.0. The van der Waals surface area contributed by atoms with Crippen LogP contribution in [0.25, 0.3) is 0 Å². The number of amides is 3. The number of hydrogen-bond donors (Lipinski definition) is 5. The highest BCUT2D eigenvalue weighted by atomic mass is 16.5. The summed E-state index contributed by atoms with van der Waals surface area (Å²) in [6.07, 6.45) is 5.07. The second-order valence-corrected chi connectivity index (χ2v) is 16.3. The molecule has 12 nitrogen and oxygen atoms in total. The quantitative estimate of drug-likeness (QED) is 0.132. The molecule has 55 heavy (non-hydrogen) atoms. The highest BCUT2D eigenvalue weighted by molar-refractivity contribution is 6.06. The molecule has 2 aromatic carbocycles. The van der Waals surface area contributed by atoms with Crippen molar-refractivity contribution in [3.05, 3.63) is 65.2 Å². The number of aliphatic hydroxyl groups is 2. The number of ether oxygens (including phenoxy) is 1. The summed E-state index contributed by atoms with van der Waals surface area (Å²) in [5.74, 6) is -4.14. The van der Waals surface area contributed by atoms with E-state index in [9.17, 15) is 24.6 Å². The van der Waals surface area contributed by atoms with Crippen molar-refractivity contribution in [2.45, 2.75) is 116 Å². The number of fused-ring (bicyclic) bond motifs is 1. The molecule has 3 amide bonds. The number of aliphatic imine (C=N–C) groups is 1. The molecule has 0 bridgehead atoms. The number of Topliss-reactive ketones (excluding diaryl/α,β-unsaturated/α-hetero) is 1. The molecule has 1 fully saturated rings. The first-order valence-corrected chi connectivity index (χ1v) is 20.0. The molecule has 302 valence electrons. The summed E-state index contributed by atoms with van der Waals surface area (Å²) in [6.45, 7) is 9.36. The second-order valence-electron chi connectivity index (χ2n) is 16.3. The number of carbonyl (C=O) groups is 4. The maximum atomic E-state index is 16.1. The molecule has 4 rings (SSSR count). The Bertz CT molecular complexity index is 1630. The van der Waals surface area contributed by atoms with Gasteiger partial charge in [-0.2, -0.15) is 0 Å². The largest absolute Gasteiger partial charge is 0.493 e. The summed E-state index contributed by atoms with van der Waals surface area (Å²) in [7, 11) is 0. The van der Waals surface area contributed by atoms with Gasteiger partial charge in [0.2, 0.25) is 17.7 Å². The van der Waals surface area contributed by atoms with E-state index in [1.54, 1.807) is 12.3 Å². The van der Waals surface area contributed by atoms with E-state index < -0.39 is 59.1 Å². The fraction of sp³-hybridized carbons (Fsp3) is 0.605. The lowest BCUT2D eigenvalue weighted by molar-refractivity contribution is -0.164. The van der Waals surface area contributed by atoms with E-state index in [2.05, 4.69) is 10.3 Å². The van der Waals surface area contributed by atoms with Crippen LogP contribution in [0, 0.1) is 23.7 Å². The predicted octanol–water partition coefficient (Wildman–Crippen LogP) is 3.92. The van der Waals surface area contributed by atoms with E-state index in [4.69, 9.17) is 16.2 Å². The summed E-state index contributed by atoms with van der Waals surface area (Å²) < 4.78 is 6.26. The van der Waals surface area contributed by atoms with E-state index >= 15 is 4.79 Å². The second kappa shape index (κ2) is 20.3. The number of rotatable bonds is 19. The smallest absolute Gasteiger partial charge is 0.247 e. The molecule has 0 radical (unpaired) electrons. The number of nitrogens with zero attached hydrogens (tertiary/aromatic N) is 2. The first kappa shape index (κ1) is 43.8. The first-order chi connectivity index (χ1) is 26.2. The number of nitrogens with one attached hydrogen (secondary N) is 1. The van der Waals surface area contributed by atoms with Gasteiger partial charge in [-0.1, -0.05) is 90.1 Å². The Morgan fingerprint density at radius 3 is 2.33 bits per heavy atom. The van der Waals surface area contributed by atoms with Crippen LogP contribution in [0.1, 0.15) is 102 Å². The molecule has 0 saturated heterocycles. The summed E-state index contributed by atoms with van der Waals surface area (Å²) in [4.78, 5) is 64.0. The Balaban J connectivity index is 1.96. The number of carbonyl (C=O) groups excluding carboxylic acids is 4. The number of benzene rings is 2. The minimum absolute atomic E-state index is 0.0359. The molecule has 2 aromatic rings. The van der Waals surface area contributed by atoms with E-state index in [0.29, 0.717) is 23.4 Å². The summed E-state index contributed by atoms with van der Waals surface area (Å²) in [6, 6.07) is 12.0. The van der Waals surface area contributed by atoms with Crippen LogP contribution in [0.2, 0.25) is 0 Å². The lowest BCUT2D eigenvalue weighted by atomic mass is 9.64. The lowest BCUT2D eigenvalue weighted by Crippen LogP contribution is -2.68. The SMILES string of the molecule is CC(=O)N(C(=O)[C@@H](N)Cc1ccccc1)[C@](CC(C)C)(C(=O)[C@@H](CC1CCCCC1)C(O)C(N)C(=O)NCC(C)C)[C@H]1COc2ccc(C=NCCO)cc21. The van der Waals surface area contributed by atoms with Gasteiger partial charge in [-0.05, 0) is 66.3 Å². The zero-order valence-electron chi connectivity index (χ0n) is 33.3. The van der Waals surface area contributed by atoms with E-state index in [1.807, 2.05) is 70.2 Å². The van der Waals surface area contributed by atoms with Crippen molar-refractivity contribution < 1.29 is 34.1 Å². The highest BCUT2D eigenvalue weighted by Crippen LogP contribution is 2.49. The monoisotopic (exact) mass is 761 g/mol. The number of hydrogen-bond acceptors (Lipinski definition) is 10. The van der Waals surface area contributed by atoms with Crippen LogP contribution in [0.3, 0.4) is 0 Å². The molecule has 1 aliphatic heterocycles. The third kappa shape index (κ3) is 10.9. The van der Waals surface area contributed by atoms with Crippen LogP contribution in [0.15, 0.2) is 53.5 Å². The van der Waals surface area contributed by atoms with Crippen molar-refractivity contribution in [3.8, 4) is 5.75 Å². The fourth-order valence-corrected chi connectivity index (χ4v) is 8.42. The maximum absolute atomic E-state index is 16.1. The van der Waals surface area contributed by atoms with Crippen molar-refractivity contribution in [2.24, 2.45) is 40.1 Å². The molecular weight excluding hydrogens is 699 g/mol. The minimum atomic E-state index is -1.90. The Morgan fingerprint density at radius 2 is 1.71 bits per heavy atom. The normalized spacial score (nSPS) is 19.3. The van der Waals surface area contributed by atoms with Crippen molar-refractivity contribution in [1.29, 1.82) is 0 Å². The maximum Gasteiger partial charge on any atom is 0.247 e. The number of aliphatic hydroxyl groups excluding tert-OH is 2. The predicted molar refractivity (Wildman–Crippen MR) is 214 cm³/mol. The van der Waals surface area contributed by atoms with Gasteiger partial charge in [-0.15, -0.1) is 0 Å². The zero-order valence-corrected chi connectivity index (χ0v) is 33.3. The van der Waals surface area contributed by atoms with Gasteiger partial charge >= 0.3 is 0 Å². The summed E-state index contributed by atoms with van der Waals surface area (Å²) in [5.41, 5.74) is 13.4. The molecule has 2 unspecified atom stereocenters. The molecule has 1 saturated carbocycles. The van der Waals surface area contributed by atoms with Crippen LogP contribution in [-0.2, 0) is 25.6 Å². The fourth-order valence-electron chi connectivity index (χ4n) is 8.42. The van der Waals surface area contributed by atoms with Crippen molar-refractivity contribution in [2.75, 3.05) is 26.3 Å². The Labute approximate surface area is 326 Å². The van der Waals surface area contributed by atoms with Gasteiger partial charge in [-0.3, -0.25) is 29.1 Å². The van der Waals surface area contributed by atoms with Crippen molar-refractivity contribution in [3.63, 3.8) is 0 Å². The van der Waals surface area contributed by atoms with Crippen LogP contribution in [0.4, 0.5) is 0 Å². The zero-order chi connectivity index (χ0) is 40.3. The molecule has 0 aromatic heterocycles. The van der Waals surface area contributed by atoms with Gasteiger partial charge in [0.15, 0.2) is 5.78 Å². The van der Waals surface area contributed by atoms with Crippen LogP contribution in [-0.4, -0.2) is 94.9 Å². The Kier molecular flexibility index (Phi) is 16.1. The minimum Gasteiger partial charge on any atom is -0.493 e. The van der Waals surface area contributed by atoms with Gasteiger partial charge < -0.3 is 31.7 Å². The number of imide groups is 1. The lowest BCUT2D eigenvalue weighted by Gasteiger charge is -2.49. The van der Waals surface area contributed by atoms with Gasteiger partial charge in [-0.25, -0.2) is 0 Å². The average Bonchev–Trinajstić information content (AvgIpc) is 3.59. The molecular formula is C43H63N5O7. The molecule has 12 heteroatoms. The number of ketones is 1. The van der Waals surface area contributed by atoms with Crippen molar-refractivity contribution >= 4 is 29.7 Å². The molecule has 2 aliphatic rings. The van der Waals surface area contributed by atoms with Gasteiger partial charge in [0, 0.05) is 31.2 Å². The topological polar surface area (TPSA) is 198 Å². The molecule has 1 heterocycles. The summed E-state index contributed by atoms with van der Waals surface area (Å²) in [5, 5.41) is 24.3. The van der Waals surface area contributed by atoms with E-state index in [-0.39, 0.29) is 56.8 Å². The Morgan fingerprint density at radius 1 is 1.02 bits per heavy atom. The highest BCUT2D eigenvalue weighted by Gasteiger charge is 2.60. The van der Waals surface area contributed by atoms with Crippen molar-refractivity contribution in [1.82, 2.24) is 10.2 Å². The van der Waals surface area contributed by atoms with Crippen LogP contribution in [0.5, 0.6) is 5.75 Å². The van der Waals surface area contributed by atoms with Gasteiger partial charge in [0.05, 0.1) is 37.8 Å². The van der Waals surface area contributed by atoms with Crippen LogP contribution >= 0.6 is 0 Å².